The molecule has 1 unspecified atom stereocenters. The number of fused-ring (bicyclic) bond motifs is 1. The van der Waals surface area contributed by atoms with Crippen LogP contribution in [-0.4, -0.2) is 19.2 Å². The lowest BCUT2D eigenvalue weighted by Gasteiger charge is -2.26. The highest BCUT2D eigenvalue weighted by atomic mass is 35.5. The van der Waals surface area contributed by atoms with E-state index in [4.69, 9.17) is 36.3 Å². The number of allylic oxidation sites excluding steroid dienone is 1. The Morgan fingerprint density at radius 1 is 1.06 bits per heavy atom. The first-order chi connectivity index (χ1) is 17.4. The zero-order chi connectivity index (χ0) is 25.7. The van der Waals surface area contributed by atoms with Crippen molar-refractivity contribution in [2.24, 2.45) is 5.73 Å². The number of rotatable bonds is 8. The fourth-order valence-electron chi connectivity index (χ4n) is 3.83. The second-order valence-corrected chi connectivity index (χ2v) is 8.62. The Labute approximate surface area is 214 Å². The number of hydrogen-bond acceptors (Lipinski definition) is 7. The first kappa shape index (κ1) is 25.0. The van der Waals surface area contributed by atoms with Crippen LogP contribution in [0.25, 0.3) is 0 Å². The van der Waals surface area contributed by atoms with Gasteiger partial charge in [0.15, 0.2) is 6.61 Å². The average Bonchev–Trinajstić information content (AvgIpc) is 2.87. The molecular formula is C28H25ClN2O5. The van der Waals surface area contributed by atoms with Gasteiger partial charge in [-0.2, -0.15) is 5.26 Å². The number of carbonyl (C=O) groups excluding carboxylic acids is 1. The van der Waals surface area contributed by atoms with E-state index in [2.05, 4.69) is 6.07 Å². The van der Waals surface area contributed by atoms with Crippen LogP contribution < -0.4 is 24.7 Å². The highest BCUT2D eigenvalue weighted by Crippen LogP contribution is 2.43. The molecule has 0 aliphatic carbocycles. The van der Waals surface area contributed by atoms with Gasteiger partial charge in [0.2, 0.25) is 5.88 Å². The second-order valence-electron chi connectivity index (χ2n) is 8.22. The van der Waals surface area contributed by atoms with E-state index in [9.17, 15) is 10.1 Å². The standard InChI is InChI=1S/C28H25ClN2O5/c1-3-12-33-19-6-4-18(5-7-19)27-22-10-8-21(14-25(22)36-28(31)23(27)15-30)35-26(32)16-34-20-9-11-24(29)17(2)13-20/h4-11,13-14,27H,3,12,16,31H2,1-2H3. The van der Waals surface area contributed by atoms with Crippen LogP contribution in [-0.2, 0) is 4.79 Å². The molecule has 0 saturated carbocycles. The molecule has 8 heteroatoms. The van der Waals surface area contributed by atoms with E-state index in [0.29, 0.717) is 28.7 Å². The van der Waals surface area contributed by atoms with Crippen molar-refractivity contribution in [3.63, 3.8) is 0 Å². The molecule has 2 N–H and O–H groups in total. The van der Waals surface area contributed by atoms with Crippen LogP contribution in [0.3, 0.4) is 0 Å². The molecule has 36 heavy (non-hydrogen) atoms. The molecule has 3 aromatic rings. The molecule has 1 heterocycles. The molecule has 1 aliphatic rings. The summed E-state index contributed by atoms with van der Waals surface area (Å²) < 4.78 is 22.3. The molecule has 0 amide bonds. The number of carbonyl (C=O) groups is 1. The highest BCUT2D eigenvalue weighted by molar-refractivity contribution is 6.31. The maximum absolute atomic E-state index is 12.4. The third-order valence-corrected chi connectivity index (χ3v) is 6.02. The Kier molecular flexibility index (Phi) is 7.67. The fourth-order valence-corrected chi connectivity index (χ4v) is 3.95. The van der Waals surface area contributed by atoms with Crippen LogP contribution in [0, 0.1) is 18.3 Å². The highest BCUT2D eigenvalue weighted by Gasteiger charge is 2.31. The lowest BCUT2D eigenvalue weighted by Crippen LogP contribution is -2.21. The fraction of sp³-hybridized carbons (Fsp3) is 0.214. The second kappa shape index (κ2) is 11.1. The summed E-state index contributed by atoms with van der Waals surface area (Å²) >= 11 is 6.02. The number of benzene rings is 3. The van der Waals surface area contributed by atoms with Crippen molar-refractivity contribution < 1.29 is 23.7 Å². The summed E-state index contributed by atoms with van der Waals surface area (Å²) in [5, 5.41) is 10.4. The predicted octanol–water partition coefficient (Wildman–Crippen LogP) is 5.64. The summed E-state index contributed by atoms with van der Waals surface area (Å²) in [6, 6.07) is 19.8. The summed E-state index contributed by atoms with van der Waals surface area (Å²) in [4.78, 5) is 12.4. The zero-order valence-electron chi connectivity index (χ0n) is 19.9. The smallest absolute Gasteiger partial charge is 0.349 e. The number of nitrogens with zero attached hydrogens (tertiary/aromatic N) is 1. The van der Waals surface area contributed by atoms with Gasteiger partial charge in [-0.25, -0.2) is 4.79 Å². The summed E-state index contributed by atoms with van der Waals surface area (Å²) in [5.41, 5.74) is 8.83. The van der Waals surface area contributed by atoms with Crippen LogP contribution in [0.15, 0.2) is 72.1 Å². The molecule has 3 aromatic carbocycles. The molecule has 0 aromatic heterocycles. The number of esters is 1. The van der Waals surface area contributed by atoms with Gasteiger partial charge in [-0.3, -0.25) is 0 Å². The molecule has 0 fully saturated rings. The van der Waals surface area contributed by atoms with Crippen LogP contribution in [0.1, 0.15) is 36.0 Å². The van der Waals surface area contributed by atoms with Gasteiger partial charge in [0.05, 0.1) is 12.5 Å². The predicted molar refractivity (Wildman–Crippen MR) is 135 cm³/mol. The van der Waals surface area contributed by atoms with Crippen molar-refractivity contribution in [2.75, 3.05) is 13.2 Å². The van der Waals surface area contributed by atoms with E-state index < -0.39 is 11.9 Å². The van der Waals surface area contributed by atoms with Gasteiger partial charge < -0.3 is 24.7 Å². The molecule has 4 rings (SSSR count). The quantitative estimate of drug-likeness (QED) is 0.312. The topological polar surface area (TPSA) is 104 Å². The van der Waals surface area contributed by atoms with Crippen LogP contribution >= 0.6 is 11.6 Å². The van der Waals surface area contributed by atoms with Crippen molar-refractivity contribution in [2.45, 2.75) is 26.2 Å². The molecule has 184 valence electrons. The zero-order valence-corrected chi connectivity index (χ0v) is 20.7. The lowest BCUT2D eigenvalue weighted by molar-refractivity contribution is -0.136. The summed E-state index contributed by atoms with van der Waals surface area (Å²) in [5.74, 6) is 0.928. The Morgan fingerprint density at radius 2 is 1.78 bits per heavy atom. The first-order valence-electron chi connectivity index (χ1n) is 11.4. The maximum Gasteiger partial charge on any atom is 0.349 e. The Balaban J connectivity index is 1.51. The van der Waals surface area contributed by atoms with E-state index in [1.807, 2.05) is 38.1 Å². The normalized spacial score (nSPS) is 14.3. The van der Waals surface area contributed by atoms with E-state index in [1.54, 1.807) is 36.4 Å². The molecule has 1 atom stereocenters. The Morgan fingerprint density at radius 3 is 2.47 bits per heavy atom. The molecular weight excluding hydrogens is 480 g/mol. The van der Waals surface area contributed by atoms with Crippen molar-refractivity contribution in [1.29, 1.82) is 5.26 Å². The maximum atomic E-state index is 12.4. The third kappa shape index (κ3) is 5.56. The number of nitrogens with two attached hydrogens (primary N) is 1. The number of nitriles is 1. The van der Waals surface area contributed by atoms with Gasteiger partial charge in [0.1, 0.15) is 34.6 Å². The van der Waals surface area contributed by atoms with Gasteiger partial charge in [-0.1, -0.05) is 36.7 Å². The molecule has 1 aliphatic heterocycles. The molecule has 0 radical (unpaired) electrons. The first-order valence-corrected chi connectivity index (χ1v) is 11.8. The molecule has 7 nitrogen and oxygen atoms in total. The minimum Gasteiger partial charge on any atom is -0.494 e. The summed E-state index contributed by atoms with van der Waals surface area (Å²) in [6.45, 7) is 4.23. The van der Waals surface area contributed by atoms with Gasteiger partial charge >= 0.3 is 5.97 Å². The monoisotopic (exact) mass is 504 g/mol. The SMILES string of the molecule is CCCOc1ccc(C2C(C#N)=C(N)Oc3cc(OC(=O)COc4ccc(Cl)c(C)c4)ccc32)cc1. The summed E-state index contributed by atoms with van der Waals surface area (Å²) in [7, 11) is 0. The van der Waals surface area contributed by atoms with Gasteiger partial charge in [0, 0.05) is 16.7 Å². The molecule has 0 bridgehead atoms. The van der Waals surface area contributed by atoms with Crippen molar-refractivity contribution in [3.05, 3.63) is 93.8 Å². The van der Waals surface area contributed by atoms with Crippen LogP contribution in [0.2, 0.25) is 5.02 Å². The van der Waals surface area contributed by atoms with E-state index in [0.717, 1.165) is 28.9 Å². The number of ether oxygens (including phenoxy) is 4. The number of halogens is 1. The summed E-state index contributed by atoms with van der Waals surface area (Å²) in [6.07, 6.45) is 0.909. The van der Waals surface area contributed by atoms with Crippen LogP contribution in [0.4, 0.5) is 0 Å². The van der Waals surface area contributed by atoms with Crippen molar-refractivity contribution in [3.8, 4) is 29.1 Å². The molecule has 0 saturated heterocycles. The molecule has 0 spiro atoms. The minimum absolute atomic E-state index is 0.00577. The van der Waals surface area contributed by atoms with Gasteiger partial charge in [-0.15, -0.1) is 0 Å². The van der Waals surface area contributed by atoms with E-state index in [1.165, 1.54) is 0 Å². The van der Waals surface area contributed by atoms with Gasteiger partial charge in [0.25, 0.3) is 0 Å². The van der Waals surface area contributed by atoms with Crippen molar-refractivity contribution >= 4 is 17.6 Å². The third-order valence-electron chi connectivity index (χ3n) is 5.59. The van der Waals surface area contributed by atoms with Gasteiger partial charge in [-0.05, 0) is 60.9 Å². The Bertz CT molecular complexity index is 1350. The van der Waals surface area contributed by atoms with E-state index in [-0.39, 0.29) is 18.2 Å². The number of hydrogen-bond donors (Lipinski definition) is 1. The van der Waals surface area contributed by atoms with E-state index >= 15 is 0 Å². The van der Waals surface area contributed by atoms with Crippen molar-refractivity contribution in [1.82, 2.24) is 0 Å². The minimum atomic E-state index is -0.584. The Hall–Kier alpha value is -4.15. The lowest BCUT2D eigenvalue weighted by atomic mass is 9.83. The average molecular weight is 505 g/mol. The van der Waals surface area contributed by atoms with Crippen LogP contribution in [0.5, 0.6) is 23.0 Å². The largest absolute Gasteiger partial charge is 0.494 e. The number of aryl methyl sites for hydroxylation is 1.